The number of methoxy groups -OCH3 is 2. The zero-order chi connectivity index (χ0) is 21.4. The highest BCUT2D eigenvalue weighted by Gasteiger charge is 2.16. The van der Waals surface area contributed by atoms with Crippen LogP contribution in [0, 0.1) is 0 Å². The van der Waals surface area contributed by atoms with E-state index in [9.17, 15) is 23.2 Å². The molecular formula is C19H17F2NO7. The SMILES string of the molecule is COc1cc(OC)cc(C(=O)OCC(=O)NC(=O)c2ccc(OC(F)F)cc2)c1. The molecule has 2 amide bonds. The number of hydrogen-bond acceptors (Lipinski definition) is 7. The molecule has 0 aliphatic rings. The minimum absolute atomic E-state index is 0.0313. The van der Waals surface area contributed by atoms with Crippen LogP contribution in [0.5, 0.6) is 17.2 Å². The predicted octanol–water partition coefficient (Wildman–Crippen LogP) is 2.42. The van der Waals surface area contributed by atoms with Crippen LogP contribution in [0.1, 0.15) is 20.7 Å². The molecule has 154 valence electrons. The van der Waals surface area contributed by atoms with Gasteiger partial charge in [0.15, 0.2) is 6.61 Å². The monoisotopic (exact) mass is 409 g/mol. The molecule has 2 aromatic carbocycles. The molecule has 0 aliphatic carbocycles. The molecule has 0 bridgehead atoms. The molecule has 8 nitrogen and oxygen atoms in total. The van der Waals surface area contributed by atoms with E-state index in [2.05, 4.69) is 4.74 Å². The molecule has 10 heteroatoms. The summed E-state index contributed by atoms with van der Waals surface area (Å²) < 4.78 is 43.3. The Kier molecular flexibility index (Phi) is 7.47. The van der Waals surface area contributed by atoms with Crippen LogP contribution in [0.15, 0.2) is 42.5 Å². The molecule has 0 aliphatic heterocycles. The van der Waals surface area contributed by atoms with Gasteiger partial charge >= 0.3 is 12.6 Å². The Balaban J connectivity index is 1.90. The second-order valence-electron chi connectivity index (χ2n) is 5.46. The number of carbonyl (C=O) groups excluding carboxylic acids is 3. The molecule has 1 N–H and O–H groups in total. The fourth-order valence-corrected chi connectivity index (χ4v) is 2.16. The van der Waals surface area contributed by atoms with Gasteiger partial charge in [0.25, 0.3) is 11.8 Å². The number of benzene rings is 2. The quantitative estimate of drug-likeness (QED) is 0.669. The van der Waals surface area contributed by atoms with E-state index in [1.807, 2.05) is 5.32 Å². The lowest BCUT2D eigenvalue weighted by molar-refractivity contribution is -0.123. The third-order valence-electron chi connectivity index (χ3n) is 3.52. The zero-order valence-corrected chi connectivity index (χ0v) is 15.4. The van der Waals surface area contributed by atoms with E-state index < -0.39 is 31.0 Å². The minimum Gasteiger partial charge on any atom is -0.497 e. The predicted molar refractivity (Wildman–Crippen MR) is 95.4 cm³/mol. The smallest absolute Gasteiger partial charge is 0.387 e. The van der Waals surface area contributed by atoms with Gasteiger partial charge in [-0.25, -0.2) is 4.79 Å². The van der Waals surface area contributed by atoms with E-state index in [1.54, 1.807) is 6.07 Å². The summed E-state index contributed by atoms with van der Waals surface area (Å²) in [4.78, 5) is 35.9. The molecule has 0 atom stereocenters. The van der Waals surface area contributed by atoms with Crippen molar-refractivity contribution in [3.63, 3.8) is 0 Å². The van der Waals surface area contributed by atoms with Crippen LogP contribution in [0.25, 0.3) is 0 Å². The summed E-state index contributed by atoms with van der Waals surface area (Å²) in [5, 5.41) is 2.01. The molecule has 0 heterocycles. The molecule has 0 saturated heterocycles. The highest BCUT2D eigenvalue weighted by atomic mass is 19.3. The number of amides is 2. The molecule has 0 saturated carbocycles. The van der Waals surface area contributed by atoms with E-state index >= 15 is 0 Å². The van der Waals surface area contributed by atoms with Crippen LogP contribution in [0.4, 0.5) is 8.78 Å². The third kappa shape index (κ3) is 6.45. The summed E-state index contributed by atoms with van der Waals surface area (Å²) in [6, 6.07) is 9.07. The number of nitrogens with one attached hydrogen (secondary N) is 1. The maximum absolute atomic E-state index is 12.1. The Morgan fingerprint density at radius 1 is 0.897 bits per heavy atom. The van der Waals surface area contributed by atoms with Gasteiger partial charge in [-0.05, 0) is 36.4 Å². The van der Waals surface area contributed by atoms with Crippen molar-refractivity contribution in [3.8, 4) is 17.2 Å². The van der Waals surface area contributed by atoms with Crippen molar-refractivity contribution in [2.45, 2.75) is 6.61 Å². The summed E-state index contributed by atoms with van der Waals surface area (Å²) in [5.74, 6) is -1.90. The van der Waals surface area contributed by atoms with Crippen molar-refractivity contribution in [1.29, 1.82) is 0 Å². The van der Waals surface area contributed by atoms with Crippen molar-refractivity contribution >= 4 is 17.8 Å². The van der Waals surface area contributed by atoms with Crippen molar-refractivity contribution in [1.82, 2.24) is 5.32 Å². The Morgan fingerprint density at radius 2 is 1.48 bits per heavy atom. The number of rotatable bonds is 8. The number of carbonyl (C=O) groups is 3. The normalized spacial score (nSPS) is 10.2. The van der Waals surface area contributed by atoms with Crippen LogP contribution in [0.2, 0.25) is 0 Å². The first kappa shape index (κ1) is 21.6. The Hall–Kier alpha value is -3.69. The van der Waals surface area contributed by atoms with Gasteiger partial charge in [0.05, 0.1) is 19.8 Å². The van der Waals surface area contributed by atoms with Gasteiger partial charge in [-0.3, -0.25) is 14.9 Å². The van der Waals surface area contributed by atoms with Crippen LogP contribution in [-0.4, -0.2) is 45.2 Å². The summed E-state index contributed by atoms with van der Waals surface area (Å²) in [6.07, 6.45) is 0. The summed E-state index contributed by atoms with van der Waals surface area (Å²) in [5.41, 5.74) is 0.124. The van der Waals surface area contributed by atoms with Gasteiger partial charge in [-0.15, -0.1) is 0 Å². The second kappa shape index (κ2) is 10.0. The largest absolute Gasteiger partial charge is 0.497 e. The lowest BCUT2D eigenvalue weighted by Gasteiger charge is -2.09. The molecule has 29 heavy (non-hydrogen) atoms. The van der Waals surface area contributed by atoms with E-state index in [1.165, 1.54) is 38.5 Å². The molecule has 0 unspecified atom stereocenters. The van der Waals surface area contributed by atoms with E-state index in [4.69, 9.17) is 14.2 Å². The van der Waals surface area contributed by atoms with Gasteiger partial charge < -0.3 is 18.9 Å². The van der Waals surface area contributed by atoms with Gasteiger partial charge in [0, 0.05) is 11.6 Å². The Labute approximate surface area is 164 Å². The van der Waals surface area contributed by atoms with Gasteiger partial charge in [0.1, 0.15) is 17.2 Å². The first-order chi connectivity index (χ1) is 13.8. The molecule has 2 rings (SSSR count). The number of esters is 1. The van der Waals surface area contributed by atoms with Crippen molar-refractivity contribution < 1.29 is 42.1 Å². The number of halogens is 2. The van der Waals surface area contributed by atoms with Crippen molar-refractivity contribution in [3.05, 3.63) is 53.6 Å². The molecule has 0 radical (unpaired) electrons. The fraction of sp³-hybridized carbons (Fsp3) is 0.211. The average Bonchev–Trinajstić information content (AvgIpc) is 2.71. The topological polar surface area (TPSA) is 100 Å². The van der Waals surface area contributed by atoms with Crippen LogP contribution in [-0.2, 0) is 9.53 Å². The number of imide groups is 1. The van der Waals surface area contributed by atoms with Gasteiger partial charge in [0.2, 0.25) is 0 Å². The van der Waals surface area contributed by atoms with Crippen LogP contribution < -0.4 is 19.5 Å². The Bertz CT molecular complexity index is 862. The molecule has 0 spiro atoms. The average molecular weight is 409 g/mol. The number of hydrogen-bond donors (Lipinski definition) is 1. The second-order valence-corrected chi connectivity index (χ2v) is 5.46. The maximum atomic E-state index is 12.1. The highest BCUT2D eigenvalue weighted by Crippen LogP contribution is 2.23. The lowest BCUT2D eigenvalue weighted by Crippen LogP contribution is -2.34. The summed E-state index contributed by atoms with van der Waals surface area (Å²) >= 11 is 0. The van der Waals surface area contributed by atoms with Gasteiger partial charge in [-0.1, -0.05) is 0 Å². The van der Waals surface area contributed by atoms with Crippen molar-refractivity contribution in [2.75, 3.05) is 20.8 Å². The lowest BCUT2D eigenvalue weighted by atomic mass is 10.2. The van der Waals surface area contributed by atoms with Crippen LogP contribution in [0.3, 0.4) is 0 Å². The maximum Gasteiger partial charge on any atom is 0.387 e. The molecule has 0 aromatic heterocycles. The van der Waals surface area contributed by atoms with E-state index in [0.29, 0.717) is 11.5 Å². The number of ether oxygens (including phenoxy) is 4. The van der Waals surface area contributed by atoms with E-state index in [-0.39, 0.29) is 16.9 Å². The highest BCUT2D eigenvalue weighted by molar-refractivity contribution is 6.05. The molecule has 2 aromatic rings. The molecule has 0 fully saturated rings. The van der Waals surface area contributed by atoms with E-state index in [0.717, 1.165) is 12.1 Å². The minimum atomic E-state index is -2.99. The van der Waals surface area contributed by atoms with Gasteiger partial charge in [-0.2, -0.15) is 8.78 Å². The first-order valence-electron chi connectivity index (χ1n) is 8.11. The number of alkyl halides is 2. The fourth-order valence-electron chi connectivity index (χ4n) is 2.16. The third-order valence-corrected chi connectivity index (χ3v) is 3.52. The molecular weight excluding hydrogens is 392 g/mol. The summed E-state index contributed by atoms with van der Waals surface area (Å²) in [6.45, 7) is -3.70. The standard InChI is InChI=1S/C19H17F2NO7/c1-26-14-7-12(8-15(9-14)27-2)18(25)28-10-16(23)22-17(24)11-3-5-13(6-4-11)29-19(20)21/h3-9,19H,10H2,1-2H3,(H,22,23,24). The summed E-state index contributed by atoms with van der Waals surface area (Å²) in [7, 11) is 2.82. The first-order valence-corrected chi connectivity index (χ1v) is 8.11. The van der Waals surface area contributed by atoms with Crippen LogP contribution >= 0.6 is 0 Å². The van der Waals surface area contributed by atoms with Crippen molar-refractivity contribution in [2.24, 2.45) is 0 Å². The zero-order valence-electron chi connectivity index (χ0n) is 15.4. The Morgan fingerprint density at radius 3 is 2.00 bits per heavy atom.